The molecule has 0 N–H and O–H groups in total. The summed E-state index contributed by atoms with van der Waals surface area (Å²) in [4.78, 5) is 23.9. The van der Waals surface area contributed by atoms with Gasteiger partial charge in [-0.25, -0.2) is 4.79 Å². The van der Waals surface area contributed by atoms with E-state index in [9.17, 15) is 14.9 Å². The minimum Gasteiger partial charge on any atom is -0.456 e. The molecule has 1 aliphatic carbocycles. The lowest BCUT2D eigenvalue weighted by Crippen LogP contribution is -2.58. The van der Waals surface area contributed by atoms with Crippen LogP contribution in [0, 0.1) is 17.0 Å². The Hall–Kier alpha value is -1.82. The first-order chi connectivity index (χ1) is 9.51. The van der Waals surface area contributed by atoms with E-state index in [-0.39, 0.29) is 11.3 Å². The van der Waals surface area contributed by atoms with E-state index in [0.717, 1.165) is 10.5 Å². The number of thioether (sulfide) groups is 1. The average Bonchev–Trinajstić information content (AvgIpc) is 2.42. The summed E-state index contributed by atoms with van der Waals surface area (Å²) in [5, 5.41) is 11.3. The highest BCUT2D eigenvalue weighted by Crippen LogP contribution is 2.46. The Morgan fingerprint density at radius 2 is 2.10 bits per heavy atom. The van der Waals surface area contributed by atoms with Crippen LogP contribution < -0.4 is 0 Å². The molecule has 0 amide bonds. The van der Waals surface area contributed by atoms with Crippen molar-refractivity contribution < 1.29 is 14.5 Å². The molecule has 0 aromatic heterocycles. The van der Waals surface area contributed by atoms with Crippen LogP contribution in [0.4, 0.5) is 0 Å². The van der Waals surface area contributed by atoms with Crippen molar-refractivity contribution in [3.8, 4) is 0 Å². The lowest BCUT2D eigenvalue weighted by Gasteiger charge is -2.40. The Kier molecular flexibility index (Phi) is 3.05. The molecule has 1 aromatic carbocycles. The first kappa shape index (κ1) is 13.2. The van der Waals surface area contributed by atoms with E-state index >= 15 is 0 Å². The van der Waals surface area contributed by atoms with Gasteiger partial charge in [-0.2, -0.15) is 0 Å². The molecular weight excluding hydrogens is 278 g/mol. The largest absolute Gasteiger partial charge is 0.456 e. The van der Waals surface area contributed by atoms with Gasteiger partial charge in [0.1, 0.15) is 6.10 Å². The zero-order valence-corrected chi connectivity index (χ0v) is 11.6. The summed E-state index contributed by atoms with van der Waals surface area (Å²) in [6, 6.07) is 6.64. The van der Waals surface area contributed by atoms with Gasteiger partial charge in [0.2, 0.25) is 10.8 Å². The predicted molar refractivity (Wildman–Crippen MR) is 74.2 cm³/mol. The molecule has 2 heterocycles. The predicted octanol–water partition coefficient (Wildman–Crippen LogP) is 2.36. The lowest BCUT2D eigenvalue weighted by atomic mass is 9.85. The van der Waals surface area contributed by atoms with Crippen molar-refractivity contribution in [2.45, 2.75) is 35.1 Å². The SMILES string of the molecule is Cc1ccc(S[C@]23C=C[C@H](C[C@@H]2[N+](=O)[O-])OC3=O)cc1. The summed E-state index contributed by atoms with van der Waals surface area (Å²) < 4.78 is 3.97. The highest BCUT2D eigenvalue weighted by molar-refractivity contribution is 8.01. The van der Waals surface area contributed by atoms with Crippen LogP contribution in [0.1, 0.15) is 12.0 Å². The quantitative estimate of drug-likeness (QED) is 0.370. The molecular formula is C14H13NO4S. The summed E-state index contributed by atoms with van der Waals surface area (Å²) in [6.45, 7) is 1.96. The Labute approximate surface area is 120 Å². The molecule has 2 bridgehead atoms. The molecule has 4 rings (SSSR count). The Morgan fingerprint density at radius 1 is 1.40 bits per heavy atom. The number of carbonyl (C=O) groups excluding carboxylic acids is 1. The number of nitrogens with zero attached hydrogens (tertiary/aromatic N) is 1. The van der Waals surface area contributed by atoms with Crippen molar-refractivity contribution in [2.24, 2.45) is 0 Å². The fourth-order valence-electron chi connectivity index (χ4n) is 2.54. The lowest BCUT2D eigenvalue weighted by molar-refractivity contribution is -0.529. The molecule has 0 radical (unpaired) electrons. The van der Waals surface area contributed by atoms with Crippen molar-refractivity contribution in [3.63, 3.8) is 0 Å². The molecule has 6 heteroatoms. The molecule has 1 fully saturated rings. The minimum atomic E-state index is -1.24. The van der Waals surface area contributed by atoms with Crippen LogP contribution in [0.2, 0.25) is 0 Å². The smallest absolute Gasteiger partial charge is 0.334 e. The first-order valence-corrected chi connectivity index (χ1v) is 7.12. The van der Waals surface area contributed by atoms with Gasteiger partial charge in [0.15, 0.2) is 0 Å². The van der Waals surface area contributed by atoms with Crippen molar-refractivity contribution >= 4 is 17.7 Å². The van der Waals surface area contributed by atoms with Gasteiger partial charge in [0, 0.05) is 9.82 Å². The third kappa shape index (κ3) is 2.00. The number of fused-ring (bicyclic) bond motifs is 2. The molecule has 5 nitrogen and oxygen atoms in total. The van der Waals surface area contributed by atoms with Crippen molar-refractivity contribution in [1.82, 2.24) is 0 Å². The second kappa shape index (κ2) is 4.63. The average molecular weight is 291 g/mol. The van der Waals surface area contributed by atoms with Gasteiger partial charge < -0.3 is 4.74 Å². The third-order valence-electron chi connectivity index (χ3n) is 3.65. The zero-order chi connectivity index (χ0) is 14.3. The van der Waals surface area contributed by atoms with Crippen LogP contribution in [-0.2, 0) is 9.53 Å². The Bertz CT molecular complexity index is 598. The molecule has 3 aliphatic rings. The molecule has 3 atom stereocenters. The summed E-state index contributed by atoms with van der Waals surface area (Å²) in [5.74, 6) is -0.511. The Morgan fingerprint density at radius 3 is 2.70 bits per heavy atom. The number of aryl methyl sites for hydroxylation is 1. The topological polar surface area (TPSA) is 69.4 Å². The number of esters is 1. The number of benzene rings is 1. The normalized spacial score (nSPS) is 31.1. The minimum absolute atomic E-state index is 0.244. The first-order valence-electron chi connectivity index (χ1n) is 6.31. The van der Waals surface area contributed by atoms with Gasteiger partial charge in [-0.1, -0.05) is 35.5 Å². The number of hydrogen-bond acceptors (Lipinski definition) is 5. The summed E-state index contributed by atoms with van der Waals surface area (Å²) in [5.41, 5.74) is 1.10. The highest BCUT2D eigenvalue weighted by Gasteiger charge is 2.60. The Balaban J connectivity index is 1.99. The number of ether oxygens (including phenoxy) is 1. The van der Waals surface area contributed by atoms with E-state index in [2.05, 4.69) is 0 Å². The van der Waals surface area contributed by atoms with Crippen LogP contribution in [0.25, 0.3) is 0 Å². The van der Waals surface area contributed by atoms with Crippen LogP contribution in [0.5, 0.6) is 0 Å². The number of hydrogen-bond donors (Lipinski definition) is 0. The van der Waals surface area contributed by atoms with Gasteiger partial charge >= 0.3 is 5.97 Å². The molecule has 1 aromatic rings. The monoisotopic (exact) mass is 291 g/mol. The van der Waals surface area contributed by atoms with E-state index in [1.54, 1.807) is 12.2 Å². The molecule has 1 saturated heterocycles. The van der Waals surface area contributed by atoms with Crippen LogP contribution in [0.15, 0.2) is 41.3 Å². The van der Waals surface area contributed by atoms with E-state index in [1.165, 1.54) is 11.8 Å². The third-order valence-corrected chi connectivity index (χ3v) is 5.07. The molecule has 104 valence electrons. The molecule has 0 unspecified atom stereocenters. The van der Waals surface area contributed by atoms with E-state index in [4.69, 9.17) is 4.74 Å². The highest BCUT2D eigenvalue weighted by atomic mass is 32.2. The summed E-state index contributed by atoms with van der Waals surface area (Å²) in [7, 11) is 0. The standard InChI is InChI=1S/C14H13NO4S/c1-9-2-4-11(5-3-9)20-14-7-6-10(19-13(14)16)8-12(14)15(17)18/h2-7,10,12H,8H2,1H3/t10-,12+,14-/m1/s1. The number of carbonyl (C=O) groups is 1. The molecule has 0 spiro atoms. The van der Waals surface area contributed by atoms with E-state index < -0.39 is 22.9 Å². The number of nitro groups is 1. The van der Waals surface area contributed by atoms with E-state index in [1.807, 2.05) is 31.2 Å². The zero-order valence-electron chi connectivity index (χ0n) is 10.8. The second-order valence-corrected chi connectivity index (χ2v) is 6.40. The van der Waals surface area contributed by atoms with Crippen molar-refractivity contribution in [1.29, 1.82) is 0 Å². The fourth-order valence-corrected chi connectivity index (χ4v) is 3.80. The van der Waals surface area contributed by atoms with E-state index in [0.29, 0.717) is 0 Å². The van der Waals surface area contributed by atoms with Crippen LogP contribution in [-0.4, -0.2) is 27.8 Å². The maximum absolute atomic E-state index is 12.2. The fraction of sp³-hybridized carbons (Fsp3) is 0.357. The molecule has 2 aliphatic heterocycles. The van der Waals surface area contributed by atoms with Gasteiger partial charge in [-0.3, -0.25) is 10.1 Å². The van der Waals surface area contributed by atoms with Gasteiger partial charge in [0.05, 0.1) is 6.42 Å². The van der Waals surface area contributed by atoms with Gasteiger partial charge in [-0.15, -0.1) is 0 Å². The molecule has 0 saturated carbocycles. The van der Waals surface area contributed by atoms with Gasteiger partial charge in [0.25, 0.3) is 0 Å². The molecule has 20 heavy (non-hydrogen) atoms. The summed E-state index contributed by atoms with van der Waals surface area (Å²) in [6.07, 6.45) is 3.18. The van der Waals surface area contributed by atoms with Gasteiger partial charge in [-0.05, 0) is 25.1 Å². The maximum Gasteiger partial charge on any atom is 0.334 e. The summed E-state index contributed by atoms with van der Waals surface area (Å²) >= 11 is 1.20. The van der Waals surface area contributed by atoms with Crippen molar-refractivity contribution in [2.75, 3.05) is 0 Å². The van der Waals surface area contributed by atoms with Crippen molar-refractivity contribution in [3.05, 3.63) is 52.1 Å². The van der Waals surface area contributed by atoms with Crippen LogP contribution >= 0.6 is 11.8 Å². The maximum atomic E-state index is 12.2. The second-order valence-electron chi connectivity index (χ2n) is 5.05. The number of rotatable bonds is 3. The van der Waals surface area contributed by atoms with Crippen LogP contribution in [0.3, 0.4) is 0 Å².